The molecule has 2 nitrogen and oxygen atoms in total. The molecule has 0 aliphatic heterocycles. The normalized spacial score (nSPS) is 10.5. The zero-order valence-corrected chi connectivity index (χ0v) is 9.07. The highest BCUT2D eigenvalue weighted by Gasteiger charge is 2.05. The van der Waals surface area contributed by atoms with E-state index in [4.69, 9.17) is 0 Å². The Morgan fingerprint density at radius 2 is 2.31 bits per heavy atom. The second kappa shape index (κ2) is 4.42. The van der Waals surface area contributed by atoms with Crippen molar-refractivity contribution in [3.63, 3.8) is 0 Å². The lowest BCUT2D eigenvalue weighted by Gasteiger charge is -2.06. The van der Waals surface area contributed by atoms with Crippen LogP contribution in [-0.2, 0) is 11.2 Å². The molecule has 0 saturated heterocycles. The Hall–Kier alpha value is -0.830. The van der Waals surface area contributed by atoms with Gasteiger partial charge in [0, 0.05) is 10.9 Å². The van der Waals surface area contributed by atoms with Crippen LogP contribution in [0.25, 0.3) is 0 Å². The zero-order chi connectivity index (χ0) is 9.84. The maximum atomic E-state index is 11.3. The molecule has 1 rings (SSSR count). The van der Waals surface area contributed by atoms with Gasteiger partial charge < -0.3 is 5.32 Å². The van der Waals surface area contributed by atoms with Crippen LogP contribution in [0.2, 0.25) is 0 Å². The lowest BCUT2D eigenvalue weighted by atomic mass is 10.2. The molecule has 1 N–H and O–H groups in total. The summed E-state index contributed by atoms with van der Waals surface area (Å²) in [7, 11) is 0. The number of nitrogens with one attached hydrogen (secondary N) is 1. The van der Waals surface area contributed by atoms with Crippen LogP contribution in [0.3, 0.4) is 0 Å². The standard InChI is InChI=1S/C10H15NOS/c1-7(2)11-10(12)5-9-4-8(3)13-6-9/h4,6-7H,5H2,1-3H3,(H,11,12). The van der Waals surface area contributed by atoms with Gasteiger partial charge in [0.2, 0.25) is 5.91 Å². The molecule has 1 amide bonds. The van der Waals surface area contributed by atoms with Crippen LogP contribution in [-0.4, -0.2) is 11.9 Å². The minimum absolute atomic E-state index is 0.104. The van der Waals surface area contributed by atoms with Gasteiger partial charge in [-0.25, -0.2) is 0 Å². The number of hydrogen-bond donors (Lipinski definition) is 1. The minimum atomic E-state index is 0.104. The number of carbonyl (C=O) groups is 1. The van der Waals surface area contributed by atoms with Crippen LogP contribution in [0.1, 0.15) is 24.3 Å². The van der Waals surface area contributed by atoms with E-state index in [9.17, 15) is 4.79 Å². The molecular weight excluding hydrogens is 182 g/mol. The topological polar surface area (TPSA) is 29.1 Å². The molecule has 0 aliphatic carbocycles. The molecule has 0 saturated carbocycles. The van der Waals surface area contributed by atoms with Gasteiger partial charge in [0.05, 0.1) is 6.42 Å². The van der Waals surface area contributed by atoms with Crippen LogP contribution < -0.4 is 5.32 Å². The first kappa shape index (κ1) is 10.3. The molecule has 0 unspecified atom stereocenters. The smallest absolute Gasteiger partial charge is 0.224 e. The first-order chi connectivity index (χ1) is 6.08. The molecule has 1 aromatic rings. The summed E-state index contributed by atoms with van der Waals surface area (Å²) in [5.74, 6) is 0.104. The summed E-state index contributed by atoms with van der Waals surface area (Å²) in [4.78, 5) is 12.6. The van der Waals surface area contributed by atoms with Crippen molar-refractivity contribution >= 4 is 17.2 Å². The molecule has 1 aromatic heterocycles. The van der Waals surface area contributed by atoms with Crippen molar-refractivity contribution < 1.29 is 4.79 Å². The average Bonchev–Trinajstić information content (AvgIpc) is 2.33. The molecular formula is C10H15NOS. The monoisotopic (exact) mass is 197 g/mol. The fraction of sp³-hybridized carbons (Fsp3) is 0.500. The second-order valence-electron chi connectivity index (χ2n) is 3.46. The molecule has 0 aliphatic rings. The quantitative estimate of drug-likeness (QED) is 0.790. The van der Waals surface area contributed by atoms with E-state index in [0.29, 0.717) is 6.42 Å². The van der Waals surface area contributed by atoms with Gasteiger partial charge in [0.25, 0.3) is 0 Å². The van der Waals surface area contributed by atoms with Gasteiger partial charge in [-0.3, -0.25) is 4.79 Å². The molecule has 13 heavy (non-hydrogen) atoms. The van der Waals surface area contributed by atoms with Crippen molar-refractivity contribution in [1.82, 2.24) is 5.32 Å². The predicted molar refractivity (Wildman–Crippen MR) is 56.0 cm³/mol. The van der Waals surface area contributed by atoms with E-state index >= 15 is 0 Å². The lowest BCUT2D eigenvalue weighted by Crippen LogP contribution is -2.31. The third-order valence-corrected chi connectivity index (χ3v) is 2.51. The van der Waals surface area contributed by atoms with Crippen LogP contribution in [0.4, 0.5) is 0 Å². The summed E-state index contributed by atoms with van der Waals surface area (Å²) in [6, 6.07) is 2.29. The first-order valence-electron chi connectivity index (χ1n) is 4.41. The highest BCUT2D eigenvalue weighted by Crippen LogP contribution is 2.13. The second-order valence-corrected chi connectivity index (χ2v) is 4.58. The molecule has 0 radical (unpaired) electrons. The summed E-state index contributed by atoms with van der Waals surface area (Å²) in [5, 5.41) is 4.90. The summed E-state index contributed by atoms with van der Waals surface area (Å²) < 4.78 is 0. The van der Waals surface area contributed by atoms with E-state index < -0.39 is 0 Å². The van der Waals surface area contributed by atoms with Crippen molar-refractivity contribution in [1.29, 1.82) is 0 Å². The van der Waals surface area contributed by atoms with Crippen LogP contribution in [0.15, 0.2) is 11.4 Å². The van der Waals surface area contributed by atoms with Crippen molar-refractivity contribution in [3.8, 4) is 0 Å². The summed E-state index contributed by atoms with van der Waals surface area (Å²) in [5.41, 5.74) is 1.11. The highest BCUT2D eigenvalue weighted by molar-refractivity contribution is 7.10. The number of hydrogen-bond acceptors (Lipinski definition) is 2. The molecule has 3 heteroatoms. The SMILES string of the molecule is Cc1cc(CC(=O)NC(C)C)cs1. The summed E-state index contributed by atoms with van der Waals surface area (Å²) in [6.45, 7) is 5.99. The Morgan fingerprint density at radius 3 is 2.77 bits per heavy atom. The molecule has 0 fully saturated rings. The van der Waals surface area contributed by atoms with Gasteiger partial charge >= 0.3 is 0 Å². The predicted octanol–water partition coefficient (Wildman–Crippen LogP) is 2.12. The molecule has 0 spiro atoms. The Kier molecular flexibility index (Phi) is 3.48. The van der Waals surface area contributed by atoms with Crippen molar-refractivity contribution in [2.24, 2.45) is 0 Å². The van der Waals surface area contributed by atoms with Gasteiger partial charge in [-0.05, 0) is 37.8 Å². The van der Waals surface area contributed by atoms with Crippen molar-refractivity contribution in [2.75, 3.05) is 0 Å². The average molecular weight is 197 g/mol. The van der Waals surface area contributed by atoms with E-state index in [1.807, 2.05) is 19.2 Å². The van der Waals surface area contributed by atoms with E-state index in [1.165, 1.54) is 4.88 Å². The van der Waals surface area contributed by atoms with Crippen LogP contribution in [0.5, 0.6) is 0 Å². The third-order valence-electron chi connectivity index (χ3n) is 1.60. The Labute approximate surface area is 83.0 Å². The molecule has 0 bridgehead atoms. The van der Waals surface area contributed by atoms with Gasteiger partial charge in [-0.15, -0.1) is 11.3 Å². The number of aryl methyl sites for hydroxylation is 1. The van der Waals surface area contributed by atoms with Crippen molar-refractivity contribution in [3.05, 3.63) is 21.9 Å². The number of thiophene rings is 1. The highest BCUT2D eigenvalue weighted by atomic mass is 32.1. The van der Waals surface area contributed by atoms with E-state index in [-0.39, 0.29) is 11.9 Å². The fourth-order valence-corrected chi connectivity index (χ4v) is 1.86. The fourth-order valence-electron chi connectivity index (χ4n) is 1.15. The zero-order valence-electron chi connectivity index (χ0n) is 8.26. The lowest BCUT2D eigenvalue weighted by molar-refractivity contribution is -0.120. The van der Waals surface area contributed by atoms with Gasteiger partial charge in [-0.1, -0.05) is 0 Å². The summed E-state index contributed by atoms with van der Waals surface area (Å²) in [6.07, 6.45) is 0.502. The molecule has 72 valence electrons. The minimum Gasteiger partial charge on any atom is -0.354 e. The van der Waals surface area contributed by atoms with Gasteiger partial charge in [-0.2, -0.15) is 0 Å². The van der Waals surface area contributed by atoms with Crippen molar-refractivity contribution in [2.45, 2.75) is 33.2 Å². The van der Waals surface area contributed by atoms with Gasteiger partial charge in [0.15, 0.2) is 0 Å². The maximum absolute atomic E-state index is 11.3. The molecule has 0 aromatic carbocycles. The molecule has 0 atom stereocenters. The Balaban J connectivity index is 2.45. The van der Waals surface area contributed by atoms with E-state index in [0.717, 1.165) is 5.56 Å². The number of amides is 1. The summed E-state index contributed by atoms with van der Waals surface area (Å²) >= 11 is 1.69. The molecule has 1 heterocycles. The first-order valence-corrected chi connectivity index (χ1v) is 5.29. The van der Waals surface area contributed by atoms with E-state index in [1.54, 1.807) is 11.3 Å². The van der Waals surface area contributed by atoms with Crippen LogP contribution in [0, 0.1) is 6.92 Å². The Morgan fingerprint density at radius 1 is 1.62 bits per heavy atom. The largest absolute Gasteiger partial charge is 0.354 e. The van der Waals surface area contributed by atoms with Gasteiger partial charge in [0.1, 0.15) is 0 Å². The third kappa shape index (κ3) is 3.59. The maximum Gasteiger partial charge on any atom is 0.224 e. The van der Waals surface area contributed by atoms with E-state index in [2.05, 4.69) is 18.3 Å². The Bertz CT molecular complexity index is 291. The number of rotatable bonds is 3. The number of carbonyl (C=O) groups excluding carboxylic acids is 1. The van der Waals surface area contributed by atoms with Crippen LogP contribution >= 0.6 is 11.3 Å².